The number of para-hydroxylation sites is 1. The molecule has 0 saturated heterocycles. The van der Waals surface area contributed by atoms with Gasteiger partial charge < -0.3 is 9.73 Å². The van der Waals surface area contributed by atoms with Crippen LogP contribution in [0.15, 0.2) is 34.9 Å². The Morgan fingerprint density at radius 2 is 2.05 bits per heavy atom. The maximum atomic E-state index is 5.47. The number of aryl methyl sites for hydroxylation is 2. The minimum absolute atomic E-state index is 0.504. The van der Waals surface area contributed by atoms with Crippen LogP contribution in [-0.4, -0.2) is 25.2 Å². The monoisotopic (exact) mass is 270 g/mol. The SMILES string of the molecule is Cc1nnc(-c2ccccc2NCc2cn(C)nn2)o1. The number of hydrogen-bond acceptors (Lipinski definition) is 6. The van der Waals surface area contributed by atoms with E-state index in [1.807, 2.05) is 37.5 Å². The van der Waals surface area contributed by atoms with E-state index in [1.165, 1.54) is 0 Å². The molecule has 0 aliphatic carbocycles. The van der Waals surface area contributed by atoms with E-state index >= 15 is 0 Å². The number of anilines is 1. The van der Waals surface area contributed by atoms with Crippen LogP contribution >= 0.6 is 0 Å². The Kier molecular flexibility index (Phi) is 3.16. The summed E-state index contributed by atoms with van der Waals surface area (Å²) in [6, 6.07) is 7.78. The summed E-state index contributed by atoms with van der Waals surface area (Å²) in [5.41, 5.74) is 2.66. The Morgan fingerprint density at radius 3 is 2.75 bits per heavy atom. The topological polar surface area (TPSA) is 81.7 Å². The van der Waals surface area contributed by atoms with Gasteiger partial charge in [0.2, 0.25) is 11.8 Å². The average Bonchev–Trinajstić information content (AvgIpc) is 3.06. The summed E-state index contributed by atoms with van der Waals surface area (Å²) in [4.78, 5) is 0. The molecule has 0 saturated carbocycles. The van der Waals surface area contributed by atoms with Crippen molar-refractivity contribution in [3.05, 3.63) is 42.0 Å². The molecule has 0 aliphatic heterocycles. The van der Waals surface area contributed by atoms with Gasteiger partial charge in [0.15, 0.2) is 0 Å². The van der Waals surface area contributed by atoms with Gasteiger partial charge in [-0.25, -0.2) is 0 Å². The maximum Gasteiger partial charge on any atom is 0.249 e. The number of nitrogens with zero attached hydrogens (tertiary/aromatic N) is 5. The van der Waals surface area contributed by atoms with E-state index in [2.05, 4.69) is 25.8 Å². The first-order valence-electron chi connectivity index (χ1n) is 6.21. The fraction of sp³-hybridized carbons (Fsp3) is 0.231. The van der Waals surface area contributed by atoms with Gasteiger partial charge in [0.1, 0.15) is 5.69 Å². The van der Waals surface area contributed by atoms with E-state index < -0.39 is 0 Å². The number of benzene rings is 1. The number of rotatable bonds is 4. The lowest BCUT2D eigenvalue weighted by Crippen LogP contribution is -2.01. The van der Waals surface area contributed by atoms with Crippen LogP contribution in [0.5, 0.6) is 0 Å². The molecule has 7 nitrogen and oxygen atoms in total. The van der Waals surface area contributed by atoms with Gasteiger partial charge in [-0.2, -0.15) is 0 Å². The minimum atomic E-state index is 0.504. The second-order valence-electron chi connectivity index (χ2n) is 4.41. The Bertz CT molecular complexity index is 717. The van der Waals surface area contributed by atoms with Gasteiger partial charge in [0.25, 0.3) is 0 Å². The molecular weight excluding hydrogens is 256 g/mol. The second kappa shape index (κ2) is 5.12. The zero-order chi connectivity index (χ0) is 13.9. The van der Waals surface area contributed by atoms with Crippen molar-refractivity contribution in [1.29, 1.82) is 0 Å². The van der Waals surface area contributed by atoms with Gasteiger partial charge in [0.05, 0.1) is 12.1 Å². The Labute approximate surface area is 115 Å². The Morgan fingerprint density at radius 1 is 1.20 bits per heavy atom. The molecule has 3 rings (SSSR count). The van der Waals surface area contributed by atoms with Crippen LogP contribution in [0.2, 0.25) is 0 Å². The third-order valence-electron chi connectivity index (χ3n) is 2.79. The summed E-state index contributed by atoms with van der Waals surface area (Å²) in [7, 11) is 1.84. The van der Waals surface area contributed by atoms with E-state index in [1.54, 1.807) is 11.6 Å². The van der Waals surface area contributed by atoms with Gasteiger partial charge in [0, 0.05) is 25.9 Å². The molecule has 0 radical (unpaired) electrons. The van der Waals surface area contributed by atoms with E-state index in [0.29, 0.717) is 18.3 Å². The highest BCUT2D eigenvalue weighted by molar-refractivity contribution is 5.72. The number of hydrogen-bond donors (Lipinski definition) is 1. The van der Waals surface area contributed by atoms with E-state index in [4.69, 9.17) is 4.42 Å². The van der Waals surface area contributed by atoms with Crippen LogP contribution in [-0.2, 0) is 13.6 Å². The lowest BCUT2D eigenvalue weighted by atomic mass is 10.1. The fourth-order valence-electron chi connectivity index (χ4n) is 1.89. The molecular formula is C13H14N6O. The summed E-state index contributed by atoms with van der Waals surface area (Å²) < 4.78 is 7.14. The summed E-state index contributed by atoms with van der Waals surface area (Å²) in [5.74, 6) is 1.05. The first-order valence-corrected chi connectivity index (χ1v) is 6.21. The van der Waals surface area contributed by atoms with Crippen molar-refractivity contribution in [2.24, 2.45) is 7.05 Å². The normalized spacial score (nSPS) is 10.7. The molecule has 7 heteroatoms. The van der Waals surface area contributed by atoms with Gasteiger partial charge >= 0.3 is 0 Å². The lowest BCUT2D eigenvalue weighted by molar-refractivity contribution is 0.533. The highest BCUT2D eigenvalue weighted by Gasteiger charge is 2.11. The molecule has 3 aromatic rings. The summed E-state index contributed by atoms with van der Waals surface area (Å²) in [5, 5.41) is 19.1. The number of nitrogens with one attached hydrogen (secondary N) is 1. The predicted octanol–water partition coefficient (Wildman–Crippen LogP) is 1.79. The first-order chi connectivity index (χ1) is 9.72. The quantitative estimate of drug-likeness (QED) is 0.778. The van der Waals surface area contributed by atoms with Crippen LogP contribution < -0.4 is 5.32 Å². The van der Waals surface area contributed by atoms with Crippen molar-refractivity contribution >= 4 is 5.69 Å². The smallest absolute Gasteiger partial charge is 0.249 e. The molecule has 2 heterocycles. The van der Waals surface area contributed by atoms with Crippen molar-refractivity contribution < 1.29 is 4.42 Å². The Balaban J connectivity index is 1.83. The minimum Gasteiger partial charge on any atom is -0.421 e. The molecule has 0 atom stereocenters. The van der Waals surface area contributed by atoms with Crippen molar-refractivity contribution in [3.63, 3.8) is 0 Å². The fourth-order valence-corrected chi connectivity index (χ4v) is 1.89. The largest absolute Gasteiger partial charge is 0.421 e. The third kappa shape index (κ3) is 2.51. The number of aromatic nitrogens is 5. The molecule has 0 aliphatic rings. The maximum absolute atomic E-state index is 5.47. The lowest BCUT2D eigenvalue weighted by Gasteiger charge is -2.07. The van der Waals surface area contributed by atoms with Crippen LogP contribution in [0, 0.1) is 6.92 Å². The van der Waals surface area contributed by atoms with Crippen molar-refractivity contribution in [2.45, 2.75) is 13.5 Å². The first kappa shape index (κ1) is 12.3. The zero-order valence-corrected chi connectivity index (χ0v) is 11.2. The van der Waals surface area contributed by atoms with Gasteiger partial charge in [-0.05, 0) is 12.1 Å². The molecule has 0 spiro atoms. The highest BCUT2D eigenvalue weighted by Crippen LogP contribution is 2.26. The van der Waals surface area contributed by atoms with Gasteiger partial charge in [-0.15, -0.1) is 15.3 Å². The van der Waals surface area contributed by atoms with Crippen molar-refractivity contribution in [3.8, 4) is 11.5 Å². The molecule has 0 unspecified atom stereocenters. The van der Waals surface area contributed by atoms with Crippen molar-refractivity contribution in [2.75, 3.05) is 5.32 Å². The van der Waals surface area contributed by atoms with E-state index in [-0.39, 0.29) is 0 Å². The van der Waals surface area contributed by atoms with Gasteiger partial charge in [-0.1, -0.05) is 17.3 Å². The summed E-state index contributed by atoms with van der Waals surface area (Å²) in [6.45, 7) is 2.35. The highest BCUT2D eigenvalue weighted by atomic mass is 16.4. The molecule has 1 N–H and O–H groups in total. The molecule has 2 aromatic heterocycles. The van der Waals surface area contributed by atoms with E-state index in [0.717, 1.165) is 16.9 Å². The van der Waals surface area contributed by atoms with E-state index in [9.17, 15) is 0 Å². The summed E-state index contributed by atoms with van der Waals surface area (Å²) in [6.07, 6.45) is 1.87. The molecule has 20 heavy (non-hydrogen) atoms. The van der Waals surface area contributed by atoms with Crippen LogP contribution in [0.25, 0.3) is 11.5 Å². The summed E-state index contributed by atoms with van der Waals surface area (Å²) >= 11 is 0. The molecule has 1 aromatic carbocycles. The molecule has 0 bridgehead atoms. The molecule has 102 valence electrons. The molecule has 0 fully saturated rings. The average molecular weight is 270 g/mol. The van der Waals surface area contributed by atoms with Crippen molar-refractivity contribution in [1.82, 2.24) is 25.2 Å². The Hall–Kier alpha value is -2.70. The van der Waals surface area contributed by atoms with Gasteiger partial charge in [-0.3, -0.25) is 4.68 Å². The van der Waals surface area contributed by atoms with Crippen LogP contribution in [0.1, 0.15) is 11.6 Å². The standard InChI is InChI=1S/C13H14N6O/c1-9-15-17-13(20-9)11-5-3-4-6-12(11)14-7-10-8-19(2)18-16-10/h3-6,8,14H,7H2,1-2H3. The molecule has 0 amide bonds. The third-order valence-corrected chi connectivity index (χ3v) is 2.79. The predicted molar refractivity (Wildman–Crippen MR) is 72.8 cm³/mol. The van der Waals surface area contributed by atoms with Crippen LogP contribution in [0.4, 0.5) is 5.69 Å². The second-order valence-corrected chi connectivity index (χ2v) is 4.41. The zero-order valence-electron chi connectivity index (χ0n) is 11.2. The van der Waals surface area contributed by atoms with Crippen LogP contribution in [0.3, 0.4) is 0 Å².